The number of hydrogen-bond acceptors (Lipinski definition) is 3. The summed E-state index contributed by atoms with van der Waals surface area (Å²) in [5.41, 5.74) is 0. The van der Waals surface area contributed by atoms with E-state index in [9.17, 15) is 14.7 Å². The fraction of sp³-hybridized carbons (Fsp3) is 0.714. The number of carbonyl (C=O) groups excluding carboxylic acids is 1. The maximum absolute atomic E-state index is 11.8. The fourth-order valence-electron chi connectivity index (χ4n) is 3.58. The number of amides is 1. The van der Waals surface area contributed by atoms with E-state index in [4.69, 9.17) is 0 Å². The lowest BCUT2D eigenvalue weighted by Crippen LogP contribution is -2.52. The SMILES string of the molecule is C=CCNC(=O)C(C)NC1C2CCC(C2)C1C(=O)O. The minimum Gasteiger partial charge on any atom is -0.481 e. The lowest BCUT2D eigenvalue weighted by atomic mass is 9.84. The zero-order valence-electron chi connectivity index (χ0n) is 11.3. The molecule has 1 amide bonds. The van der Waals surface area contributed by atoms with Crippen LogP contribution in [-0.4, -0.2) is 35.6 Å². The largest absolute Gasteiger partial charge is 0.481 e. The van der Waals surface area contributed by atoms with Crippen molar-refractivity contribution in [2.45, 2.75) is 38.3 Å². The van der Waals surface area contributed by atoms with Gasteiger partial charge in [-0.2, -0.15) is 0 Å². The number of carbonyl (C=O) groups is 2. The Morgan fingerprint density at radius 3 is 2.74 bits per heavy atom. The molecule has 0 heterocycles. The molecule has 2 aliphatic rings. The zero-order valence-corrected chi connectivity index (χ0v) is 11.3. The first kappa shape index (κ1) is 14.1. The molecule has 5 atom stereocenters. The highest BCUT2D eigenvalue weighted by molar-refractivity contribution is 5.81. The molecule has 19 heavy (non-hydrogen) atoms. The summed E-state index contributed by atoms with van der Waals surface area (Å²) in [5, 5.41) is 15.3. The second-order valence-corrected chi connectivity index (χ2v) is 5.65. The molecular formula is C14H22N2O3. The Bertz CT molecular complexity index is 383. The third-order valence-electron chi connectivity index (χ3n) is 4.46. The summed E-state index contributed by atoms with van der Waals surface area (Å²) in [4.78, 5) is 23.2. The van der Waals surface area contributed by atoms with E-state index in [1.807, 2.05) is 0 Å². The Balaban J connectivity index is 1.95. The van der Waals surface area contributed by atoms with Crippen molar-refractivity contribution in [2.24, 2.45) is 17.8 Å². The Labute approximate surface area is 113 Å². The van der Waals surface area contributed by atoms with Crippen LogP contribution in [0.25, 0.3) is 0 Å². The molecule has 0 aromatic heterocycles. The molecule has 106 valence electrons. The molecule has 0 spiro atoms. The first-order valence-corrected chi connectivity index (χ1v) is 6.92. The third kappa shape index (κ3) is 2.81. The van der Waals surface area contributed by atoms with Gasteiger partial charge in [-0.15, -0.1) is 6.58 Å². The molecule has 2 bridgehead atoms. The van der Waals surface area contributed by atoms with Crippen LogP contribution >= 0.6 is 0 Å². The molecule has 2 fully saturated rings. The molecule has 5 unspecified atom stereocenters. The molecular weight excluding hydrogens is 244 g/mol. The summed E-state index contributed by atoms with van der Waals surface area (Å²) < 4.78 is 0. The molecule has 5 nitrogen and oxygen atoms in total. The molecule has 2 aliphatic carbocycles. The summed E-state index contributed by atoms with van der Waals surface area (Å²) in [6, 6.07) is -0.438. The Kier molecular flexibility index (Phi) is 4.24. The van der Waals surface area contributed by atoms with Gasteiger partial charge in [-0.05, 0) is 38.0 Å². The zero-order chi connectivity index (χ0) is 14.0. The summed E-state index contributed by atoms with van der Waals surface area (Å²) in [6.07, 6.45) is 4.70. The topological polar surface area (TPSA) is 78.4 Å². The van der Waals surface area contributed by atoms with E-state index in [1.54, 1.807) is 13.0 Å². The normalized spacial score (nSPS) is 33.9. The van der Waals surface area contributed by atoms with E-state index in [0.717, 1.165) is 19.3 Å². The van der Waals surface area contributed by atoms with Crippen LogP contribution in [0.15, 0.2) is 12.7 Å². The van der Waals surface area contributed by atoms with Crippen LogP contribution in [-0.2, 0) is 9.59 Å². The Morgan fingerprint density at radius 1 is 1.42 bits per heavy atom. The number of rotatable bonds is 6. The van der Waals surface area contributed by atoms with Crippen molar-refractivity contribution in [3.05, 3.63) is 12.7 Å². The molecule has 0 saturated heterocycles. The van der Waals surface area contributed by atoms with Gasteiger partial charge in [-0.25, -0.2) is 0 Å². The highest BCUT2D eigenvalue weighted by atomic mass is 16.4. The highest BCUT2D eigenvalue weighted by Crippen LogP contribution is 2.48. The van der Waals surface area contributed by atoms with Gasteiger partial charge in [0.2, 0.25) is 5.91 Å². The van der Waals surface area contributed by atoms with E-state index in [0.29, 0.717) is 12.5 Å². The molecule has 0 aromatic rings. The van der Waals surface area contributed by atoms with E-state index in [1.165, 1.54) is 0 Å². The van der Waals surface area contributed by atoms with Crippen LogP contribution in [0.5, 0.6) is 0 Å². The van der Waals surface area contributed by atoms with Crippen molar-refractivity contribution in [1.82, 2.24) is 10.6 Å². The average Bonchev–Trinajstić information content (AvgIpc) is 2.96. The van der Waals surface area contributed by atoms with E-state index < -0.39 is 5.97 Å². The minimum absolute atomic E-state index is 0.0688. The van der Waals surface area contributed by atoms with Gasteiger partial charge in [0.15, 0.2) is 0 Å². The van der Waals surface area contributed by atoms with Crippen molar-refractivity contribution in [2.75, 3.05) is 6.54 Å². The summed E-state index contributed by atoms with van der Waals surface area (Å²) in [7, 11) is 0. The molecule has 2 rings (SSSR count). The third-order valence-corrected chi connectivity index (χ3v) is 4.46. The first-order valence-electron chi connectivity index (χ1n) is 6.92. The fourth-order valence-corrected chi connectivity index (χ4v) is 3.58. The summed E-state index contributed by atoms with van der Waals surface area (Å²) in [6.45, 7) is 5.76. The van der Waals surface area contributed by atoms with Gasteiger partial charge in [-0.3, -0.25) is 9.59 Å². The van der Waals surface area contributed by atoms with Gasteiger partial charge >= 0.3 is 5.97 Å². The van der Waals surface area contributed by atoms with Crippen LogP contribution in [0.2, 0.25) is 0 Å². The molecule has 0 aliphatic heterocycles. The van der Waals surface area contributed by atoms with Gasteiger partial charge in [0.05, 0.1) is 12.0 Å². The average molecular weight is 266 g/mol. The second-order valence-electron chi connectivity index (χ2n) is 5.65. The van der Waals surface area contributed by atoms with Crippen LogP contribution in [0, 0.1) is 17.8 Å². The molecule has 2 saturated carbocycles. The molecule has 3 N–H and O–H groups in total. The number of nitrogens with one attached hydrogen (secondary N) is 2. The predicted molar refractivity (Wildman–Crippen MR) is 71.5 cm³/mol. The lowest BCUT2D eigenvalue weighted by molar-refractivity contribution is -0.145. The van der Waals surface area contributed by atoms with E-state index in [2.05, 4.69) is 17.2 Å². The van der Waals surface area contributed by atoms with Crippen LogP contribution in [0.4, 0.5) is 0 Å². The molecule has 5 heteroatoms. The van der Waals surface area contributed by atoms with Gasteiger partial charge < -0.3 is 15.7 Å². The van der Waals surface area contributed by atoms with Crippen LogP contribution < -0.4 is 10.6 Å². The van der Waals surface area contributed by atoms with Crippen LogP contribution in [0.3, 0.4) is 0 Å². The van der Waals surface area contributed by atoms with Gasteiger partial charge in [0.25, 0.3) is 0 Å². The monoisotopic (exact) mass is 266 g/mol. The predicted octanol–water partition coefficient (Wildman–Crippen LogP) is 0.766. The number of hydrogen-bond donors (Lipinski definition) is 3. The summed E-state index contributed by atoms with van der Waals surface area (Å²) >= 11 is 0. The van der Waals surface area contributed by atoms with Crippen molar-refractivity contribution in [1.29, 1.82) is 0 Å². The lowest BCUT2D eigenvalue weighted by Gasteiger charge is -2.31. The maximum atomic E-state index is 11.8. The van der Waals surface area contributed by atoms with E-state index in [-0.39, 0.29) is 29.8 Å². The second kappa shape index (κ2) is 5.74. The number of fused-ring (bicyclic) bond motifs is 2. The molecule has 0 radical (unpaired) electrons. The molecule has 0 aromatic carbocycles. The van der Waals surface area contributed by atoms with Gasteiger partial charge in [0.1, 0.15) is 0 Å². The maximum Gasteiger partial charge on any atom is 0.308 e. The van der Waals surface area contributed by atoms with Crippen molar-refractivity contribution in [3.8, 4) is 0 Å². The van der Waals surface area contributed by atoms with Crippen molar-refractivity contribution >= 4 is 11.9 Å². The summed E-state index contributed by atoms with van der Waals surface area (Å²) in [5.74, 6) is -0.493. The smallest absolute Gasteiger partial charge is 0.308 e. The van der Waals surface area contributed by atoms with Crippen molar-refractivity contribution < 1.29 is 14.7 Å². The number of carboxylic acids is 1. The Hall–Kier alpha value is -1.36. The Morgan fingerprint density at radius 2 is 2.11 bits per heavy atom. The highest BCUT2D eigenvalue weighted by Gasteiger charge is 2.51. The van der Waals surface area contributed by atoms with Crippen LogP contribution in [0.1, 0.15) is 26.2 Å². The quantitative estimate of drug-likeness (QED) is 0.620. The minimum atomic E-state index is -0.733. The van der Waals surface area contributed by atoms with Gasteiger partial charge in [0, 0.05) is 12.6 Å². The van der Waals surface area contributed by atoms with Crippen molar-refractivity contribution in [3.63, 3.8) is 0 Å². The standard InChI is InChI=1S/C14H22N2O3/c1-3-6-15-13(17)8(2)16-12-10-5-4-9(7-10)11(12)14(18)19/h3,8-12,16H,1,4-7H2,2H3,(H,15,17)(H,18,19). The number of aliphatic carboxylic acids is 1. The van der Waals surface area contributed by atoms with Gasteiger partial charge in [-0.1, -0.05) is 6.08 Å². The number of carboxylic acid groups (broad SMARTS) is 1. The first-order chi connectivity index (χ1) is 9.04. The van der Waals surface area contributed by atoms with E-state index >= 15 is 0 Å².